The molecule has 0 aliphatic rings. The molecule has 2 rings (SSSR count). The van der Waals surface area contributed by atoms with E-state index >= 15 is 0 Å². The fourth-order valence-corrected chi connectivity index (χ4v) is 1.56. The third kappa shape index (κ3) is 1.60. The lowest BCUT2D eigenvalue weighted by Crippen LogP contribution is -1.91. The molecule has 0 amide bonds. The van der Waals surface area contributed by atoms with Gasteiger partial charge >= 0.3 is 0 Å². The Kier molecular flexibility index (Phi) is 2.52. The average molecular weight is 222 g/mol. The van der Waals surface area contributed by atoms with Gasteiger partial charge in [0.25, 0.3) is 0 Å². The number of nitrogen functional groups attached to an aromatic ring is 1. The number of ether oxygens (including phenoxy) is 1. The smallest absolute Gasteiger partial charge is 0.230 e. The third-order valence-electron chi connectivity index (χ3n) is 2.33. The van der Waals surface area contributed by atoms with E-state index in [0.717, 1.165) is 0 Å². The fourth-order valence-electron chi connectivity index (χ4n) is 1.56. The fraction of sp³-hybridized carbons (Fsp3) is 0.182. The van der Waals surface area contributed by atoms with Crippen LogP contribution in [0.3, 0.4) is 0 Å². The molecule has 0 unspecified atom stereocenters. The van der Waals surface area contributed by atoms with Crippen molar-refractivity contribution in [1.29, 1.82) is 0 Å². The second-order valence-electron chi connectivity index (χ2n) is 3.36. The van der Waals surface area contributed by atoms with Gasteiger partial charge in [0.2, 0.25) is 5.88 Å². The molecule has 5 heteroatoms. The molecular formula is C11H11FN2O2. The lowest BCUT2D eigenvalue weighted by atomic mass is 10.1. The van der Waals surface area contributed by atoms with Gasteiger partial charge in [-0.1, -0.05) is 11.2 Å². The highest BCUT2D eigenvalue weighted by molar-refractivity contribution is 5.75. The molecule has 4 nitrogen and oxygen atoms in total. The van der Waals surface area contributed by atoms with Crippen molar-refractivity contribution in [3.8, 4) is 16.9 Å². The SMILES string of the molecule is COc1ccc(-c2c(C)noc2N)cc1F. The molecule has 16 heavy (non-hydrogen) atoms. The van der Waals surface area contributed by atoms with E-state index in [-0.39, 0.29) is 11.6 Å². The van der Waals surface area contributed by atoms with E-state index in [1.807, 2.05) is 0 Å². The molecule has 0 atom stereocenters. The first kappa shape index (κ1) is 10.5. The Hall–Kier alpha value is -2.04. The van der Waals surface area contributed by atoms with Crippen LogP contribution in [0.4, 0.5) is 10.3 Å². The van der Waals surface area contributed by atoms with Crippen molar-refractivity contribution in [3.05, 3.63) is 29.7 Å². The molecule has 0 bridgehead atoms. The lowest BCUT2D eigenvalue weighted by molar-refractivity contribution is 0.386. The molecule has 1 aromatic heterocycles. The molecule has 1 heterocycles. The Labute approximate surface area is 91.8 Å². The Morgan fingerprint density at radius 2 is 2.19 bits per heavy atom. The minimum absolute atomic E-state index is 0.182. The molecule has 0 aliphatic heterocycles. The van der Waals surface area contributed by atoms with Gasteiger partial charge in [0.05, 0.1) is 18.4 Å². The van der Waals surface area contributed by atoms with Crippen LogP contribution in [0.5, 0.6) is 5.75 Å². The van der Waals surface area contributed by atoms with Gasteiger partial charge in [0.15, 0.2) is 11.6 Å². The highest BCUT2D eigenvalue weighted by Crippen LogP contribution is 2.31. The minimum Gasteiger partial charge on any atom is -0.494 e. The van der Waals surface area contributed by atoms with Crippen LogP contribution >= 0.6 is 0 Å². The van der Waals surface area contributed by atoms with Crippen molar-refractivity contribution >= 4 is 5.88 Å². The van der Waals surface area contributed by atoms with Crippen LogP contribution in [-0.4, -0.2) is 12.3 Å². The second-order valence-corrected chi connectivity index (χ2v) is 3.36. The van der Waals surface area contributed by atoms with Gasteiger partial charge in [-0.2, -0.15) is 0 Å². The minimum atomic E-state index is -0.444. The van der Waals surface area contributed by atoms with Crippen LogP contribution in [0, 0.1) is 12.7 Å². The topological polar surface area (TPSA) is 61.3 Å². The molecule has 0 aliphatic carbocycles. The Balaban J connectivity index is 2.53. The van der Waals surface area contributed by atoms with Gasteiger partial charge < -0.3 is 15.0 Å². The summed E-state index contributed by atoms with van der Waals surface area (Å²) >= 11 is 0. The van der Waals surface area contributed by atoms with E-state index in [1.165, 1.54) is 19.2 Å². The van der Waals surface area contributed by atoms with Crippen molar-refractivity contribution in [3.63, 3.8) is 0 Å². The van der Waals surface area contributed by atoms with Crippen LogP contribution in [0.25, 0.3) is 11.1 Å². The molecular weight excluding hydrogens is 211 g/mol. The van der Waals surface area contributed by atoms with Crippen LogP contribution in [0.15, 0.2) is 22.7 Å². The molecule has 0 saturated carbocycles. The maximum Gasteiger partial charge on any atom is 0.230 e. The zero-order valence-corrected chi connectivity index (χ0v) is 8.95. The van der Waals surface area contributed by atoms with Gasteiger partial charge in [-0.3, -0.25) is 0 Å². The Morgan fingerprint density at radius 3 is 2.69 bits per heavy atom. The molecule has 1 aromatic carbocycles. The van der Waals surface area contributed by atoms with Crippen molar-refractivity contribution in [2.75, 3.05) is 12.8 Å². The molecule has 0 spiro atoms. The monoisotopic (exact) mass is 222 g/mol. The lowest BCUT2D eigenvalue weighted by Gasteiger charge is -2.04. The summed E-state index contributed by atoms with van der Waals surface area (Å²) in [5, 5.41) is 3.71. The zero-order chi connectivity index (χ0) is 11.7. The Morgan fingerprint density at radius 1 is 1.44 bits per heavy atom. The van der Waals surface area contributed by atoms with E-state index in [0.29, 0.717) is 16.8 Å². The molecule has 2 N–H and O–H groups in total. The first-order valence-electron chi connectivity index (χ1n) is 4.69. The predicted octanol–water partition coefficient (Wildman–Crippen LogP) is 2.38. The molecule has 0 radical (unpaired) electrons. The Bertz CT molecular complexity index is 503. The summed E-state index contributed by atoms with van der Waals surface area (Å²) in [5.74, 6) is -0.0708. The van der Waals surface area contributed by atoms with E-state index in [4.69, 9.17) is 15.0 Å². The number of rotatable bonds is 2. The largest absolute Gasteiger partial charge is 0.494 e. The number of halogens is 1. The highest BCUT2D eigenvalue weighted by atomic mass is 19.1. The van der Waals surface area contributed by atoms with Crippen molar-refractivity contribution in [2.24, 2.45) is 0 Å². The van der Waals surface area contributed by atoms with E-state index in [1.54, 1.807) is 13.0 Å². The summed E-state index contributed by atoms with van der Waals surface area (Å²) < 4.78 is 23.1. The van der Waals surface area contributed by atoms with Crippen LogP contribution in [0.2, 0.25) is 0 Å². The number of hydrogen-bond acceptors (Lipinski definition) is 4. The maximum absolute atomic E-state index is 13.5. The highest BCUT2D eigenvalue weighted by Gasteiger charge is 2.14. The summed E-state index contributed by atoms with van der Waals surface area (Å²) in [5.41, 5.74) is 7.47. The second kappa shape index (κ2) is 3.84. The molecule has 0 saturated heterocycles. The standard InChI is InChI=1S/C11H11FN2O2/c1-6-10(11(13)16-14-6)7-3-4-9(15-2)8(12)5-7/h3-5H,13H2,1-2H3. The quantitative estimate of drug-likeness (QED) is 0.847. The molecule has 84 valence electrons. The number of anilines is 1. The van der Waals surface area contributed by atoms with Gasteiger partial charge in [-0.15, -0.1) is 0 Å². The van der Waals surface area contributed by atoms with Gasteiger partial charge in [0, 0.05) is 0 Å². The normalized spacial score (nSPS) is 10.4. The molecule has 2 aromatic rings. The number of aromatic nitrogens is 1. The summed E-state index contributed by atoms with van der Waals surface area (Å²) in [4.78, 5) is 0. The van der Waals surface area contributed by atoms with Crippen molar-refractivity contribution in [1.82, 2.24) is 5.16 Å². The predicted molar refractivity (Wildman–Crippen MR) is 57.6 cm³/mol. The maximum atomic E-state index is 13.5. The van der Waals surface area contributed by atoms with E-state index in [9.17, 15) is 4.39 Å². The van der Waals surface area contributed by atoms with Gasteiger partial charge in [-0.25, -0.2) is 4.39 Å². The zero-order valence-electron chi connectivity index (χ0n) is 8.95. The summed E-state index contributed by atoms with van der Waals surface area (Å²) in [6, 6.07) is 4.59. The summed E-state index contributed by atoms with van der Waals surface area (Å²) in [7, 11) is 1.41. The first-order chi connectivity index (χ1) is 7.63. The van der Waals surface area contributed by atoms with Crippen LogP contribution in [0.1, 0.15) is 5.69 Å². The van der Waals surface area contributed by atoms with Crippen molar-refractivity contribution in [2.45, 2.75) is 6.92 Å². The average Bonchev–Trinajstić information content (AvgIpc) is 2.58. The van der Waals surface area contributed by atoms with Crippen LogP contribution < -0.4 is 10.5 Å². The number of benzene rings is 1. The number of hydrogen-bond donors (Lipinski definition) is 1. The summed E-state index contributed by atoms with van der Waals surface area (Å²) in [6.45, 7) is 1.75. The first-order valence-corrected chi connectivity index (χ1v) is 4.69. The third-order valence-corrected chi connectivity index (χ3v) is 2.33. The number of aryl methyl sites for hydroxylation is 1. The van der Waals surface area contributed by atoms with Crippen LogP contribution in [-0.2, 0) is 0 Å². The van der Waals surface area contributed by atoms with E-state index < -0.39 is 5.82 Å². The number of nitrogens with zero attached hydrogens (tertiary/aromatic N) is 1. The van der Waals surface area contributed by atoms with E-state index in [2.05, 4.69) is 5.16 Å². The molecule has 0 fully saturated rings. The summed E-state index contributed by atoms with van der Waals surface area (Å²) in [6.07, 6.45) is 0. The van der Waals surface area contributed by atoms with Crippen molar-refractivity contribution < 1.29 is 13.7 Å². The number of nitrogens with two attached hydrogens (primary N) is 1. The van der Waals surface area contributed by atoms with Gasteiger partial charge in [-0.05, 0) is 24.6 Å². The van der Waals surface area contributed by atoms with Gasteiger partial charge in [0.1, 0.15) is 0 Å². The number of methoxy groups -OCH3 is 1.